The van der Waals surface area contributed by atoms with E-state index in [1.807, 2.05) is 31.2 Å². The number of hydrogen-bond donors (Lipinski definition) is 0. The van der Waals surface area contributed by atoms with Crippen LogP contribution in [0.25, 0.3) is 5.69 Å². The molecule has 1 aromatic carbocycles. The first-order valence-electron chi connectivity index (χ1n) is 9.25. The number of alkyl halides is 3. The molecule has 1 atom stereocenters. The number of likely N-dealkylation sites (N-methyl/N-ethyl adjacent to an activating group) is 1. The Balaban J connectivity index is 1.65. The van der Waals surface area contributed by atoms with Crippen molar-refractivity contribution < 1.29 is 22.4 Å². The van der Waals surface area contributed by atoms with E-state index in [9.17, 15) is 18.0 Å². The van der Waals surface area contributed by atoms with E-state index in [2.05, 4.69) is 10.1 Å². The lowest BCUT2D eigenvalue weighted by molar-refractivity contribution is -0.163. The monoisotopic (exact) mass is 421 g/mol. The molecule has 10 heteroatoms. The molecule has 0 bridgehead atoms. The van der Waals surface area contributed by atoms with Gasteiger partial charge in [0, 0.05) is 6.04 Å². The zero-order valence-electron chi connectivity index (χ0n) is 16.6. The maximum Gasteiger partial charge on any atom is 0.406 e. The first-order chi connectivity index (χ1) is 14.2. The molecule has 0 N–H and O–H groups in total. The van der Waals surface area contributed by atoms with E-state index in [4.69, 9.17) is 4.42 Å². The second-order valence-corrected chi connectivity index (χ2v) is 6.97. The second-order valence-electron chi connectivity index (χ2n) is 6.97. The number of furan rings is 1. The van der Waals surface area contributed by atoms with Gasteiger partial charge >= 0.3 is 6.18 Å². The summed E-state index contributed by atoms with van der Waals surface area (Å²) in [5.41, 5.74) is 1.75. The summed E-state index contributed by atoms with van der Waals surface area (Å²) in [7, 11) is 1.70. The summed E-state index contributed by atoms with van der Waals surface area (Å²) in [4.78, 5) is 19.0. The van der Waals surface area contributed by atoms with Crippen LogP contribution in [0.1, 0.15) is 24.3 Å². The number of carbonyl (C=O) groups excluding carboxylic acids is 1. The van der Waals surface area contributed by atoms with Crippen LogP contribution in [0.5, 0.6) is 0 Å². The van der Waals surface area contributed by atoms with Crippen molar-refractivity contribution in [2.24, 2.45) is 0 Å². The molecule has 0 spiro atoms. The van der Waals surface area contributed by atoms with Crippen LogP contribution < -0.4 is 0 Å². The molecule has 0 saturated heterocycles. The molecule has 0 unspecified atom stereocenters. The first-order valence-corrected chi connectivity index (χ1v) is 9.25. The van der Waals surface area contributed by atoms with Gasteiger partial charge in [-0.25, -0.2) is 9.67 Å². The molecule has 0 aliphatic rings. The zero-order chi connectivity index (χ0) is 21.7. The SMILES string of the molecule is C[C@H](c1ccc(-n2cncn2)cc1)N(C)CC(=O)N(Cc1ccco1)CC(F)(F)F. The summed E-state index contributed by atoms with van der Waals surface area (Å²) in [5.74, 6) is -0.329. The highest BCUT2D eigenvalue weighted by Crippen LogP contribution is 2.22. The fourth-order valence-electron chi connectivity index (χ4n) is 2.99. The Morgan fingerprint density at radius 2 is 1.97 bits per heavy atom. The number of amides is 1. The van der Waals surface area contributed by atoms with Crippen LogP contribution in [0.3, 0.4) is 0 Å². The fourth-order valence-corrected chi connectivity index (χ4v) is 2.99. The van der Waals surface area contributed by atoms with E-state index in [1.165, 1.54) is 12.6 Å². The molecule has 0 aliphatic carbocycles. The third-order valence-electron chi connectivity index (χ3n) is 4.75. The second kappa shape index (κ2) is 9.12. The lowest BCUT2D eigenvalue weighted by atomic mass is 10.1. The average molecular weight is 421 g/mol. The van der Waals surface area contributed by atoms with Crippen molar-refractivity contribution >= 4 is 5.91 Å². The Labute approximate surface area is 171 Å². The Hall–Kier alpha value is -3.14. The largest absolute Gasteiger partial charge is 0.467 e. The molecule has 1 amide bonds. The van der Waals surface area contributed by atoms with Gasteiger partial charge in [-0.2, -0.15) is 18.3 Å². The molecule has 3 aromatic rings. The summed E-state index contributed by atoms with van der Waals surface area (Å²) in [6.07, 6.45) is -0.116. The van der Waals surface area contributed by atoms with E-state index >= 15 is 0 Å². The van der Waals surface area contributed by atoms with Gasteiger partial charge in [-0.05, 0) is 43.8 Å². The average Bonchev–Trinajstić information content (AvgIpc) is 3.40. The van der Waals surface area contributed by atoms with Crippen LogP contribution >= 0.6 is 0 Å². The van der Waals surface area contributed by atoms with Crippen molar-refractivity contribution in [3.05, 3.63) is 66.6 Å². The number of hydrogen-bond acceptors (Lipinski definition) is 5. The predicted molar refractivity (Wildman–Crippen MR) is 103 cm³/mol. The van der Waals surface area contributed by atoms with Crippen LogP contribution in [0, 0.1) is 0 Å². The molecular formula is C20H22F3N5O2. The summed E-state index contributed by atoms with van der Waals surface area (Å²) in [6.45, 7) is 0.155. The highest BCUT2D eigenvalue weighted by molar-refractivity contribution is 5.78. The molecule has 0 fully saturated rings. The van der Waals surface area contributed by atoms with Crippen LogP contribution in [0.4, 0.5) is 13.2 Å². The van der Waals surface area contributed by atoms with Crippen molar-refractivity contribution in [3.8, 4) is 5.69 Å². The highest BCUT2D eigenvalue weighted by Gasteiger charge is 2.34. The quantitative estimate of drug-likeness (QED) is 0.557. The summed E-state index contributed by atoms with van der Waals surface area (Å²) >= 11 is 0. The van der Waals surface area contributed by atoms with Gasteiger partial charge in [-0.3, -0.25) is 9.69 Å². The number of carbonyl (C=O) groups is 1. The van der Waals surface area contributed by atoms with Gasteiger partial charge in [0.2, 0.25) is 5.91 Å². The molecule has 0 radical (unpaired) electrons. The Bertz CT molecular complexity index is 925. The van der Waals surface area contributed by atoms with E-state index < -0.39 is 18.6 Å². The van der Waals surface area contributed by atoms with Crippen LogP contribution in [0.2, 0.25) is 0 Å². The number of rotatable bonds is 8. The van der Waals surface area contributed by atoms with E-state index in [0.29, 0.717) is 5.76 Å². The molecule has 0 saturated carbocycles. The van der Waals surface area contributed by atoms with Crippen molar-refractivity contribution in [1.29, 1.82) is 0 Å². The summed E-state index contributed by atoms with van der Waals surface area (Å²) in [5, 5.41) is 4.06. The Morgan fingerprint density at radius 3 is 2.53 bits per heavy atom. The number of halogens is 3. The molecule has 3 rings (SSSR count). The van der Waals surface area contributed by atoms with Gasteiger partial charge < -0.3 is 9.32 Å². The fraction of sp³-hybridized carbons (Fsp3) is 0.350. The van der Waals surface area contributed by atoms with Gasteiger partial charge in [-0.15, -0.1) is 0 Å². The lowest BCUT2D eigenvalue weighted by Crippen LogP contribution is -2.43. The minimum absolute atomic E-state index is 0.164. The minimum atomic E-state index is -4.50. The predicted octanol–water partition coefficient (Wildman–Crippen LogP) is 3.44. The third kappa shape index (κ3) is 5.69. The van der Waals surface area contributed by atoms with Gasteiger partial charge in [0.25, 0.3) is 0 Å². The van der Waals surface area contributed by atoms with Crippen molar-refractivity contribution in [1.82, 2.24) is 24.6 Å². The van der Waals surface area contributed by atoms with Gasteiger partial charge in [-0.1, -0.05) is 12.1 Å². The Morgan fingerprint density at radius 1 is 1.23 bits per heavy atom. The van der Waals surface area contributed by atoms with Gasteiger partial charge in [0.15, 0.2) is 0 Å². The number of aromatic nitrogens is 3. The highest BCUT2D eigenvalue weighted by atomic mass is 19.4. The molecule has 2 heterocycles. The van der Waals surface area contributed by atoms with Crippen molar-refractivity contribution in [2.45, 2.75) is 25.7 Å². The van der Waals surface area contributed by atoms with E-state index in [1.54, 1.807) is 35.1 Å². The Kier molecular flexibility index (Phi) is 6.56. The van der Waals surface area contributed by atoms with Crippen LogP contribution in [-0.2, 0) is 11.3 Å². The standard InChI is InChI=1S/C20H22F3N5O2/c1-15(16-5-7-17(8-6-16)28-14-24-13-25-28)26(2)11-19(29)27(12-20(21,22)23)10-18-4-3-9-30-18/h3-9,13-15H,10-12H2,1-2H3/t15-/m1/s1. The molecule has 30 heavy (non-hydrogen) atoms. The molecule has 0 aliphatic heterocycles. The maximum atomic E-state index is 13.0. The number of nitrogens with zero attached hydrogens (tertiary/aromatic N) is 5. The van der Waals surface area contributed by atoms with Crippen molar-refractivity contribution in [3.63, 3.8) is 0 Å². The molecule has 7 nitrogen and oxygen atoms in total. The minimum Gasteiger partial charge on any atom is -0.467 e. The smallest absolute Gasteiger partial charge is 0.406 e. The topological polar surface area (TPSA) is 67.4 Å². The van der Waals surface area contributed by atoms with Crippen LogP contribution in [-0.4, -0.2) is 56.8 Å². The number of benzene rings is 1. The van der Waals surface area contributed by atoms with E-state index in [-0.39, 0.29) is 19.1 Å². The molecule has 2 aromatic heterocycles. The lowest BCUT2D eigenvalue weighted by Gasteiger charge is -2.29. The first kappa shape index (κ1) is 21.6. The zero-order valence-corrected chi connectivity index (χ0v) is 16.6. The van der Waals surface area contributed by atoms with Crippen molar-refractivity contribution in [2.75, 3.05) is 20.1 Å². The maximum absolute atomic E-state index is 13.0. The van der Waals surface area contributed by atoms with Gasteiger partial charge in [0.05, 0.1) is 25.0 Å². The van der Waals surface area contributed by atoms with Gasteiger partial charge in [0.1, 0.15) is 25.0 Å². The summed E-state index contributed by atoms with van der Waals surface area (Å²) in [6, 6.07) is 10.4. The normalized spacial score (nSPS) is 12.9. The molecular weight excluding hydrogens is 399 g/mol. The van der Waals surface area contributed by atoms with Crippen LogP contribution in [0.15, 0.2) is 59.7 Å². The third-order valence-corrected chi connectivity index (χ3v) is 4.75. The van der Waals surface area contributed by atoms with E-state index in [0.717, 1.165) is 16.2 Å². The summed E-state index contributed by atoms with van der Waals surface area (Å²) < 4.78 is 45.6. The molecule has 160 valence electrons.